The molecule has 0 N–H and O–H groups in total. The first kappa shape index (κ1) is 22.5. The fourth-order valence-electron chi connectivity index (χ4n) is 3.92. The monoisotopic (exact) mass is 445 g/mol. The number of benzene rings is 1. The van der Waals surface area contributed by atoms with E-state index in [1.165, 1.54) is 16.4 Å². The highest BCUT2D eigenvalue weighted by molar-refractivity contribution is 7.88. The van der Waals surface area contributed by atoms with Gasteiger partial charge in [-0.05, 0) is 36.5 Å². The molecule has 6 nitrogen and oxygen atoms in total. The van der Waals surface area contributed by atoms with Crippen molar-refractivity contribution < 1.29 is 17.6 Å². The van der Waals surface area contributed by atoms with E-state index in [1.54, 1.807) is 0 Å². The Bertz CT molecular complexity index is 841. The number of piperazine rings is 1. The van der Waals surface area contributed by atoms with Crippen molar-refractivity contribution in [3.05, 3.63) is 34.6 Å². The summed E-state index contributed by atoms with van der Waals surface area (Å²) >= 11 is 5.99. The number of hydrogen-bond acceptors (Lipinski definition) is 4. The molecule has 9 heteroatoms. The lowest BCUT2D eigenvalue weighted by atomic mass is 10.1. The molecule has 0 spiro atoms. The Kier molecular flexibility index (Phi) is 7.19. The van der Waals surface area contributed by atoms with Gasteiger partial charge in [-0.1, -0.05) is 31.5 Å². The van der Waals surface area contributed by atoms with Gasteiger partial charge in [-0.2, -0.15) is 4.31 Å². The first-order chi connectivity index (χ1) is 13.7. The molecule has 2 aliphatic heterocycles. The van der Waals surface area contributed by atoms with Gasteiger partial charge < -0.3 is 4.90 Å². The molecular weight excluding hydrogens is 417 g/mol. The maximum Gasteiger partial charge on any atom is 0.239 e. The summed E-state index contributed by atoms with van der Waals surface area (Å²) in [5.41, 5.74) is 0.391. The molecular formula is C20H29ClFN3O3S. The molecule has 0 bridgehead atoms. The molecule has 1 aromatic carbocycles. The topological polar surface area (TPSA) is 60.9 Å². The summed E-state index contributed by atoms with van der Waals surface area (Å²) in [5, 5.41) is 0.116. The largest absolute Gasteiger partial charge is 0.341 e. The summed E-state index contributed by atoms with van der Waals surface area (Å²) in [6.45, 7) is 7.62. The van der Waals surface area contributed by atoms with Crippen LogP contribution in [0.2, 0.25) is 5.02 Å². The summed E-state index contributed by atoms with van der Waals surface area (Å²) in [6, 6.07) is 3.61. The number of carbonyl (C=O) groups is 1. The maximum atomic E-state index is 13.2. The van der Waals surface area contributed by atoms with E-state index < -0.39 is 15.8 Å². The molecule has 0 aliphatic carbocycles. The highest BCUT2D eigenvalue weighted by atomic mass is 35.5. The SMILES string of the molecule is CC(C)CCN1CCC(N2CCN(S(=O)(=O)Cc3ccc(F)cc3Cl)CC2)C1=O. The van der Waals surface area contributed by atoms with Gasteiger partial charge in [0.1, 0.15) is 5.82 Å². The van der Waals surface area contributed by atoms with E-state index in [-0.39, 0.29) is 22.7 Å². The zero-order chi connectivity index (χ0) is 21.2. The number of likely N-dealkylation sites (tertiary alicyclic amines) is 1. The van der Waals surface area contributed by atoms with E-state index in [0.29, 0.717) is 37.7 Å². The van der Waals surface area contributed by atoms with Gasteiger partial charge in [0.25, 0.3) is 0 Å². The molecule has 0 saturated carbocycles. The van der Waals surface area contributed by atoms with Crippen LogP contribution in [0.5, 0.6) is 0 Å². The summed E-state index contributed by atoms with van der Waals surface area (Å²) < 4.78 is 40.2. The molecule has 2 fully saturated rings. The standard InChI is InChI=1S/C20H29ClFN3O3S/c1-15(2)5-7-24-8-6-19(20(24)26)23-9-11-25(12-10-23)29(27,28)14-16-3-4-17(22)13-18(16)21/h3-4,13,15,19H,5-12,14H2,1-2H3. The summed E-state index contributed by atoms with van der Waals surface area (Å²) in [4.78, 5) is 16.7. The molecule has 0 aromatic heterocycles. The highest BCUT2D eigenvalue weighted by Gasteiger charge is 2.38. The van der Waals surface area contributed by atoms with E-state index in [4.69, 9.17) is 11.6 Å². The number of halogens is 2. The molecule has 2 aliphatic rings. The van der Waals surface area contributed by atoms with Crippen molar-refractivity contribution in [1.29, 1.82) is 0 Å². The Hall–Kier alpha value is -1.22. The summed E-state index contributed by atoms with van der Waals surface area (Å²) in [5.74, 6) is -0.0176. The lowest BCUT2D eigenvalue weighted by molar-refractivity contribution is -0.132. The number of sulfonamides is 1. The Morgan fingerprint density at radius 1 is 1.17 bits per heavy atom. The van der Waals surface area contributed by atoms with E-state index in [9.17, 15) is 17.6 Å². The smallest absolute Gasteiger partial charge is 0.239 e. The van der Waals surface area contributed by atoms with Crippen LogP contribution in [0.25, 0.3) is 0 Å². The Morgan fingerprint density at radius 2 is 1.86 bits per heavy atom. The van der Waals surface area contributed by atoms with Gasteiger partial charge in [0.05, 0.1) is 11.8 Å². The predicted octanol–water partition coefficient (Wildman–Crippen LogP) is 2.57. The molecule has 1 amide bonds. The number of nitrogens with zero attached hydrogens (tertiary/aromatic N) is 3. The van der Waals surface area contributed by atoms with E-state index >= 15 is 0 Å². The minimum Gasteiger partial charge on any atom is -0.341 e. The van der Waals surface area contributed by atoms with Crippen molar-refractivity contribution in [2.75, 3.05) is 39.3 Å². The third-order valence-corrected chi connectivity index (χ3v) is 7.89. The van der Waals surface area contributed by atoms with Gasteiger partial charge in [0.2, 0.25) is 15.9 Å². The van der Waals surface area contributed by atoms with E-state index in [1.807, 2.05) is 4.90 Å². The molecule has 29 heavy (non-hydrogen) atoms. The van der Waals surface area contributed by atoms with Crippen LogP contribution >= 0.6 is 11.6 Å². The van der Waals surface area contributed by atoms with Crippen molar-refractivity contribution in [3.8, 4) is 0 Å². The minimum atomic E-state index is -3.56. The number of amides is 1. The summed E-state index contributed by atoms with van der Waals surface area (Å²) in [7, 11) is -3.56. The van der Waals surface area contributed by atoms with Crippen molar-refractivity contribution >= 4 is 27.5 Å². The quantitative estimate of drug-likeness (QED) is 0.647. The lowest BCUT2D eigenvalue weighted by Gasteiger charge is -2.36. The van der Waals surface area contributed by atoms with Gasteiger partial charge in [0.15, 0.2) is 0 Å². The normalized spacial score (nSPS) is 22.0. The third-order valence-electron chi connectivity index (χ3n) is 5.71. The average Bonchev–Trinajstić information content (AvgIpc) is 3.03. The Morgan fingerprint density at radius 3 is 2.48 bits per heavy atom. The fraction of sp³-hybridized carbons (Fsp3) is 0.650. The second kappa shape index (κ2) is 9.29. The molecule has 162 valence electrons. The van der Waals surface area contributed by atoms with Gasteiger partial charge in [-0.25, -0.2) is 12.8 Å². The van der Waals surface area contributed by atoms with Crippen molar-refractivity contribution in [1.82, 2.24) is 14.1 Å². The molecule has 0 radical (unpaired) electrons. The predicted molar refractivity (Wildman–Crippen MR) is 112 cm³/mol. The number of carbonyl (C=O) groups excluding carboxylic acids is 1. The van der Waals surface area contributed by atoms with Crippen LogP contribution in [-0.2, 0) is 20.6 Å². The summed E-state index contributed by atoms with van der Waals surface area (Å²) in [6.07, 6.45) is 1.80. The van der Waals surface area contributed by atoms with Crippen LogP contribution in [0, 0.1) is 11.7 Å². The van der Waals surface area contributed by atoms with Gasteiger partial charge in [-0.15, -0.1) is 0 Å². The second-order valence-corrected chi connectivity index (χ2v) is 10.6. The minimum absolute atomic E-state index is 0.116. The van der Waals surface area contributed by atoms with Crippen LogP contribution in [0.4, 0.5) is 4.39 Å². The van der Waals surface area contributed by atoms with Gasteiger partial charge in [-0.3, -0.25) is 9.69 Å². The van der Waals surface area contributed by atoms with Gasteiger partial charge in [0, 0.05) is 44.3 Å². The van der Waals surface area contributed by atoms with Crippen LogP contribution in [0.15, 0.2) is 18.2 Å². The fourth-order valence-corrected chi connectivity index (χ4v) is 5.78. The highest BCUT2D eigenvalue weighted by Crippen LogP contribution is 2.24. The van der Waals surface area contributed by atoms with Crippen LogP contribution in [0.3, 0.4) is 0 Å². The van der Waals surface area contributed by atoms with E-state index in [0.717, 1.165) is 32.0 Å². The molecule has 1 unspecified atom stereocenters. The zero-order valence-electron chi connectivity index (χ0n) is 17.0. The zero-order valence-corrected chi connectivity index (χ0v) is 18.6. The number of rotatable bonds is 7. The molecule has 1 aromatic rings. The van der Waals surface area contributed by atoms with E-state index in [2.05, 4.69) is 18.7 Å². The first-order valence-electron chi connectivity index (χ1n) is 10.1. The van der Waals surface area contributed by atoms with Crippen molar-refractivity contribution in [3.63, 3.8) is 0 Å². The molecule has 2 heterocycles. The van der Waals surface area contributed by atoms with Crippen molar-refractivity contribution in [2.45, 2.75) is 38.5 Å². The Labute approximate surface area is 177 Å². The van der Waals surface area contributed by atoms with Crippen LogP contribution in [-0.4, -0.2) is 73.7 Å². The molecule has 2 saturated heterocycles. The van der Waals surface area contributed by atoms with Crippen LogP contribution < -0.4 is 0 Å². The Balaban J connectivity index is 1.55. The second-order valence-electron chi connectivity index (χ2n) is 8.24. The van der Waals surface area contributed by atoms with Crippen molar-refractivity contribution in [2.24, 2.45) is 5.92 Å². The maximum absolute atomic E-state index is 13.2. The molecule has 3 rings (SSSR count). The number of hydrogen-bond donors (Lipinski definition) is 0. The van der Waals surface area contributed by atoms with Gasteiger partial charge >= 0.3 is 0 Å². The molecule has 1 atom stereocenters. The van der Waals surface area contributed by atoms with Crippen LogP contribution in [0.1, 0.15) is 32.3 Å². The average molecular weight is 446 g/mol. The third kappa shape index (κ3) is 5.48. The lowest BCUT2D eigenvalue weighted by Crippen LogP contribution is -2.53. The first-order valence-corrected chi connectivity index (χ1v) is 12.1.